The first-order valence-corrected chi connectivity index (χ1v) is 9.47. The summed E-state index contributed by atoms with van der Waals surface area (Å²) in [5.74, 6) is 0.258. The third-order valence-electron chi connectivity index (χ3n) is 7.17. The standard InChI is InChI=1S/C21H24N2O3/c1-13-12-21(15-5-3-4-6-16(15)22-19(21)25)17-8-10-20(26-2)9-7-14(24)11-18(20)23(13)17/h3-7,9,13,17-18H,8,10-12H2,1-2H3,(H,22,25)/t13-,17+,18-,20+,21+/m1/s1. The van der Waals surface area contributed by atoms with E-state index in [1.165, 1.54) is 0 Å². The number of methoxy groups -OCH3 is 1. The fourth-order valence-electron chi connectivity index (χ4n) is 6.11. The van der Waals surface area contributed by atoms with Gasteiger partial charge in [-0.1, -0.05) is 18.2 Å². The Kier molecular flexibility index (Phi) is 3.29. The Balaban J connectivity index is 1.63. The van der Waals surface area contributed by atoms with Crippen molar-refractivity contribution in [1.82, 2.24) is 4.90 Å². The van der Waals surface area contributed by atoms with Crippen LogP contribution in [0.4, 0.5) is 5.69 Å². The molecule has 1 aliphatic carbocycles. The van der Waals surface area contributed by atoms with E-state index < -0.39 is 11.0 Å². The number of fused-ring (bicyclic) bond motifs is 6. The Hall–Kier alpha value is -1.98. The summed E-state index contributed by atoms with van der Waals surface area (Å²) in [6.07, 6.45) is 6.60. The normalized spacial score (nSPS) is 41.1. The maximum atomic E-state index is 13.2. The minimum Gasteiger partial charge on any atom is -0.372 e. The molecule has 0 unspecified atom stereocenters. The van der Waals surface area contributed by atoms with Crippen LogP contribution in [0.2, 0.25) is 0 Å². The molecule has 2 saturated heterocycles. The molecule has 5 rings (SSSR count). The van der Waals surface area contributed by atoms with Crippen molar-refractivity contribution in [3.05, 3.63) is 42.0 Å². The molecular formula is C21H24N2O3. The number of allylic oxidation sites excluding steroid dienone is 1. The van der Waals surface area contributed by atoms with Crippen molar-refractivity contribution in [2.75, 3.05) is 12.4 Å². The highest BCUT2D eigenvalue weighted by molar-refractivity contribution is 6.07. The van der Waals surface area contributed by atoms with Crippen molar-refractivity contribution < 1.29 is 14.3 Å². The molecule has 1 aromatic carbocycles. The molecule has 3 aliphatic heterocycles. The second kappa shape index (κ2) is 5.27. The molecule has 5 atom stereocenters. The molecule has 3 heterocycles. The lowest BCUT2D eigenvalue weighted by Crippen LogP contribution is -2.64. The van der Waals surface area contributed by atoms with Crippen LogP contribution in [0, 0.1) is 0 Å². The first-order chi connectivity index (χ1) is 12.5. The summed E-state index contributed by atoms with van der Waals surface area (Å²) in [6.45, 7) is 2.19. The van der Waals surface area contributed by atoms with Crippen LogP contribution in [-0.4, -0.2) is 47.4 Å². The molecular weight excluding hydrogens is 328 g/mol. The monoisotopic (exact) mass is 352 g/mol. The molecule has 1 amide bonds. The Labute approximate surface area is 153 Å². The van der Waals surface area contributed by atoms with Crippen LogP contribution in [0.15, 0.2) is 36.4 Å². The lowest BCUT2D eigenvalue weighted by Gasteiger charge is -2.53. The molecule has 0 radical (unpaired) electrons. The van der Waals surface area contributed by atoms with Gasteiger partial charge in [0.25, 0.3) is 0 Å². The minimum absolute atomic E-state index is 0.00122. The van der Waals surface area contributed by atoms with Crippen LogP contribution in [0.3, 0.4) is 0 Å². The van der Waals surface area contributed by atoms with Gasteiger partial charge in [-0.2, -0.15) is 0 Å². The third kappa shape index (κ3) is 1.82. The zero-order valence-electron chi connectivity index (χ0n) is 15.2. The maximum Gasteiger partial charge on any atom is 0.236 e. The summed E-state index contributed by atoms with van der Waals surface area (Å²) < 4.78 is 5.95. The highest BCUT2D eigenvalue weighted by Gasteiger charge is 2.65. The van der Waals surface area contributed by atoms with Crippen molar-refractivity contribution in [3.63, 3.8) is 0 Å². The van der Waals surface area contributed by atoms with Crippen LogP contribution >= 0.6 is 0 Å². The number of piperidine rings is 1. The van der Waals surface area contributed by atoms with Gasteiger partial charge in [0.05, 0.1) is 11.5 Å². The number of para-hydroxylation sites is 1. The van der Waals surface area contributed by atoms with Gasteiger partial charge in [0.15, 0.2) is 5.78 Å². The molecule has 1 N–H and O–H groups in total. The van der Waals surface area contributed by atoms with Gasteiger partial charge in [0.1, 0.15) is 5.60 Å². The predicted molar refractivity (Wildman–Crippen MR) is 98.0 cm³/mol. The number of hydrogen-bond acceptors (Lipinski definition) is 4. The molecule has 2 fully saturated rings. The number of ketones is 1. The van der Waals surface area contributed by atoms with E-state index in [0.717, 1.165) is 30.5 Å². The van der Waals surface area contributed by atoms with Gasteiger partial charge in [-0.15, -0.1) is 0 Å². The predicted octanol–water partition coefficient (Wildman–Crippen LogP) is 2.42. The Morgan fingerprint density at radius 3 is 2.85 bits per heavy atom. The minimum atomic E-state index is -0.514. The van der Waals surface area contributed by atoms with Crippen LogP contribution in [-0.2, 0) is 19.7 Å². The molecule has 1 spiro atoms. The highest BCUT2D eigenvalue weighted by atomic mass is 16.5. The van der Waals surface area contributed by atoms with Gasteiger partial charge < -0.3 is 10.1 Å². The summed E-state index contributed by atoms with van der Waals surface area (Å²) in [5.41, 5.74) is 1.13. The topological polar surface area (TPSA) is 58.6 Å². The number of nitrogens with one attached hydrogen (secondary N) is 1. The zero-order valence-corrected chi connectivity index (χ0v) is 15.2. The lowest BCUT2D eigenvalue weighted by molar-refractivity contribution is -0.134. The van der Waals surface area contributed by atoms with E-state index in [4.69, 9.17) is 4.74 Å². The first-order valence-electron chi connectivity index (χ1n) is 9.47. The molecule has 0 bridgehead atoms. The van der Waals surface area contributed by atoms with E-state index in [1.807, 2.05) is 24.3 Å². The van der Waals surface area contributed by atoms with Gasteiger partial charge in [0.2, 0.25) is 5.91 Å². The quantitative estimate of drug-likeness (QED) is 0.843. The number of anilines is 1. The van der Waals surface area contributed by atoms with Crippen molar-refractivity contribution in [2.45, 2.75) is 61.7 Å². The van der Waals surface area contributed by atoms with Crippen LogP contribution in [0.25, 0.3) is 0 Å². The van der Waals surface area contributed by atoms with Gasteiger partial charge in [-0.05, 0) is 50.0 Å². The number of carbonyl (C=O) groups is 2. The highest BCUT2D eigenvalue weighted by Crippen LogP contribution is 2.56. The average molecular weight is 352 g/mol. The lowest BCUT2D eigenvalue weighted by atomic mass is 9.68. The van der Waals surface area contributed by atoms with E-state index in [1.54, 1.807) is 13.2 Å². The summed E-state index contributed by atoms with van der Waals surface area (Å²) >= 11 is 0. The molecule has 5 nitrogen and oxygen atoms in total. The molecule has 4 aliphatic rings. The fraction of sp³-hybridized carbons (Fsp3) is 0.524. The van der Waals surface area contributed by atoms with E-state index in [2.05, 4.69) is 23.2 Å². The van der Waals surface area contributed by atoms with E-state index in [0.29, 0.717) is 6.42 Å². The molecule has 26 heavy (non-hydrogen) atoms. The Bertz CT molecular complexity index is 834. The number of benzene rings is 1. The SMILES string of the molecule is CO[C@]12C=CC(=O)C[C@H]1N1[C@H](C)C[C@@]3(C(=O)Nc4ccccc43)[C@@H]1CC2. The number of hydrogen-bond donors (Lipinski definition) is 1. The summed E-state index contributed by atoms with van der Waals surface area (Å²) in [6, 6.07) is 8.39. The maximum absolute atomic E-state index is 13.2. The summed E-state index contributed by atoms with van der Waals surface area (Å²) in [4.78, 5) is 27.8. The Morgan fingerprint density at radius 2 is 2.04 bits per heavy atom. The number of rotatable bonds is 1. The van der Waals surface area contributed by atoms with Gasteiger partial charge in [-0.3, -0.25) is 14.5 Å². The average Bonchev–Trinajstić information content (AvgIpc) is 3.10. The largest absolute Gasteiger partial charge is 0.372 e. The molecule has 0 saturated carbocycles. The van der Waals surface area contributed by atoms with Crippen LogP contribution < -0.4 is 5.32 Å². The van der Waals surface area contributed by atoms with Crippen molar-refractivity contribution in [1.29, 1.82) is 0 Å². The second-order valence-corrected chi connectivity index (χ2v) is 8.20. The van der Waals surface area contributed by atoms with Crippen molar-refractivity contribution >= 4 is 17.4 Å². The van der Waals surface area contributed by atoms with E-state index in [9.17, 15) is 9.59 Å². The van der Waals surface area contributed by atoms with E-state index in [-0.39, 0.29) is 29.8 Å². The smallest absolute Gasteiger partial charge is 0.236 e. The zero-order chi connectivity index (χ0) is 18.1. The number of ether oxygens (including phenoxy) is 1. The molecule has 5 heteroatoms. The summed E-state index contributed by atoms with van der Waals surface area (Å²) in [5, 5.41) is 3.11. The second-order valence-electron chi connectivity index (χ2n) is 8.20. The summed E-state index contributed by atoms with van der Waals surface area (Å²) in [7, 11) is 1.74. The van der Waals surface area contributed by atoms with Crippen LogP contribution in [0.1, 0.15) is 38.2 Å². The molecule has 0 aromatic heterocycles. The number of amides is 1. The van der Waals surface area contributed by atoms with Crippen LogP contribution in [0.5, 0.6) is 0 Å². The Morgan fingerprint density at radius 1 is 1.23 bits per heavy atom. The van der Waals surface area contributed by atoms with Gasteiger partial charge >= 0.3 is 0 Å². The van der Waals surface area contributed by atoms with Gasteiger partial charge in [-0.25, -0.2) is 0 Å². The number of nitrogens with zero attached hydrogens (tertiary/aromatic N) is 1. The van der Waals surface area contributed by atoms with Crippen molar-refractivity contribution in [2.24, 2.45) is 0 Å². The van der Waals surface area contributed by atoms with Gasteiger partial charge in [0, 0.05) is 31.3 Å². The fourth-order valence-corrected chi connectivity index (χ4v) is 6.11. The van der Waals surface area contributed by atoms with E-state index >= 15 is 0 Å². The molecule has 136 valence electrons. The number of carbonyl (C=O) groups excluding carboxylic acids is 2. The van der Waals surface area contributed by atoms with Crippen molar-refractivity contribution in [3.8, 4) is 0 Å². The molecule has 1 aromatic rings. The third-order valence-corrected chi connectivity index (χ3v) is 7.17. The first kappa shape index (κ1) is 16.2.